The van der Waals surface area contributed by atoms with Crippen LogP contribution in [0.25, 0.3) is 0 Å². The maximum Gasteiger partial charge on any atom is 0.243 e. The van der Waals surface area contributed by atoms with Crippen molar-refractivity contribution < 1.29 is 8.42 Å². The molecule has 0 atom stereocenters. The molecule has 1 aromatic carbocycles. The van der Waals surface area contributed by atoms with E-state index < -0.39 is 10.0 Å². The second kappa shape index (κ2) is 6.35. The first-order valence-electron chi connectivity index (χ1n) is 6.06. The zero-order valence-corrected chi connectivity index (χ0v) is 12.6. The van der Waals surface area contributed by atoms with Crippen LogP contribution in [-0.2, 0) is 22.4 Å². The van der Waals surface area contributed by atoms with E-state index in [-0.39, 0.29) is 17.3 Å². The lowest BCUT2D eigenvalue weighted by Gasteiger charge is -2.18. The van der Waals surface area contributed by atoms with E-state index in [1.54, 1.807) is 42.6 Å². The highest BCUT2D eigenvalue weighted by Crippen LogP contribution is 2.21. The van der Waals surface area contributed by atoms with Gasteiger partial charge in [-0.2, -0.15) is 4.31 Å². The van der Waals surface area contributed by atoms with Crippen molar-refractivity contribution in [1.82, 2.24) is 9.29 Å². The van der Waals surface area contributed by atoms with Crippen molar-refractivity contribution in [3.05, 3.63) is 59.9 Å². The van der Waals surface area contributed by atoms with Crippen LogP contribution in [0.2, 0.25) is 0 Å². The lowest BCUT2D eigenvalue weighted by atomic mass is 10.2. The molecule has 0 unspecified atom stereocenters. The van der Waals surface area contributed by atoms with Gasteiger partial charge in [0.25, 0.3) is 0 Å². The highest BCUT2D eigenvalue weighted by Gasteiger charge is 2.23. The number of benzene rings is 1. The first-order valence-corrected chi connectivity index (χ1v) is 8.03. The van der Waals surface area contributed by atoms with Gasteiger partial charge in [0, 0.05) is 19.1 Å². The first-order chi connectivity index (χ1) is 9.55. The first kappa shape index (κ1) is 15.0. The lowest BCUT2D eigenvalue weighted by molar-refractivity contribution is 0.461. The third-order valence-electron chi connectivity index (χ3n) is 2.92. The van der Waals surface area contributed by atoms with E-state index in [0.717, 1.165) is 0 Å². The molecule has 1 aromatic heterocycles. The number of sulfonamides is 1. The zero-order chi connectivity index (χ0) is 14.6. The number of hydrogen-bond donors (Lipinski definition) is 0. The molecule has 2 rings (SSSR count). The third kappa shape index (κ3) is 3.17. The summed E-state index contributed by atoms with van der Waals surface area (Å²) in [6, 6.07) is 12.2. The summed E-state index contributed by atoms with van der Waals surface area (Å²) in [6.07, 6.45) is 1.64. The van der Waals surface area contributed by atoms with Gasteiger partial charge in [-0.3, -0.25) is 4.98 Å². The number of rotatable bonds is 5. The van der Waals surface area contributed by atoms with E-state index in [4.69, 9.17) is 11.6 Å². The summed E-state index contributed by atoms with van der Waals surface area (Å²) in [7, 11) is -2.03. The summed E-state index contributed by atoms with van der Waals surface area (Å²) in [4.78, 5) is 4.38. The Bertz CT molecular complexity index is 675. The molecule has 0 fully saturated rings. The molecule has 106 valence electrons. The van der Waals surface area contributed by atoms with E-state index in [2.05, 4.69) is 4.98 Å². The fourth-order valence-corrected chi connectivity index (χ4v) is 3.51. The smallest absolute Gasteiger partial charge is 0.243 e. The Hall–Kier alpha value is -1.43. The minimum atomic E-state index is -3.57. The monoisotopic (exact) mass is 310 g/mol. The van der Waals surface area contributed by atoms with Crippen LogP contribution in [0, 0.1) is 0 Å². The van der Waals surface area contributed by atoms with E-state index >= 15 is 0 Å². The minimum absolute atomic E-state index is 0.160. The number of pyridine rings is 1. The van der Waals surface area contributed by atoms with E-state index in [0.29, 0.717) is 11.3 Å². The fourth-order valence-electron chi connectivity index (χ4n) is 1.84. The average Bonchev–Trinajstić information content (AvgIpc) is 2.48. The van der Waals surface area contributed by atoms with Crippen LogP contribution in [0.1, 0.15) is 11.3 Å². The molecule has 0 amide bonds. The van der Waals surface area contributed by atoms with E-state index in [1.807, 2.05) is 6.07 Å². The number of hydrogen-bond acceptors (Lipinski definition) is 3. The predicted octanol–water partition coefficient (Wildman–Crippen LogP) is 2.64. The molecule has 2 aromatic rings. The van der Waals surface area contributed by atoms with E-state index in [9.17, 15) is 8.42 Å². The fraction of sp³-hybridized carbons (Fsp3) is 0.214. The number of aromatic nitrogens is 1. The maximum atomic E-state index is 12.6. The Kier molecular flexibility index (Phi) is 4.75. The Morgan fingerprint density at radius 3 is 2.50 bits per heavy atom. The molecule has 0 N–H and O–H groups in total. The van der Waals surface area contributed by atoms with Crippen LogP contribution in [-0.4, -0.2) is 24.8 Å². The Morgan fingerprint density at radius 2 is 1.85 bits per heavy atom. The molecule has 0 aliphatic heterocycles. The summed E-state index contributed by atoms with van der Waals surface area (Å²) in [5.74, 6) is 0.160. The van der Waals surface area contributed by atoms with Gasteiger partial charge in [0.2, 0.25) is 10.0 Å². The van der Waals surface area contributed by atoms with Gasteiger partial charge >= 0.3 is 0 Å². The summed E-state index contributed by atoms with van der Waals surface area (Å²) in [6.45, 7) is 0.222. The molecular formula is C14H15ClN2O2S. The van der Waals surface area contributed by atoms with Gasteiger partial charge in [-0.05, 0) is 23.8 Å². The molecule has 20 heavy (non-hydrogen) atoms. The summed E-state index contributed by atoms with van der Waals surface area (Å²) in [5.41, 5.74) is 1.30. The second-order valence-electron chi connectivity index (χ2n) is 4.32. The largest absolute Gasteiger partial charge is 0.260 e. The molecule has 6 heteroatoms. The van der Waals surface area contributed by atoms with Crippen LogP contribution in [0.15, 0.2) is 53.6 Å². The van der Waals surface area contributed by atoms with Gasteiger partial charge in [-0.15, -0.1) is 11.6 Å². The van der Waals surface area contributed by atoms with Crippen molar-refractivity contribution in [2.24, 2.45) is 0 Å². The molecule has 4 nitrogen and oxygen atoms in total. The number of halogens is 1. The summed E-state index contributed by atoms with van der Waals surface area (Å²) < 4.78 is 26.4. The lowest BCUT2D eigenvalue weighted by Crippen LogP contribution is -2.27. The number of alkyl halides is 1. The molecular weight excluding hydrogens is 296 g/mol. The third-order valence-corrected chi connectivity index (χ3v) is 5.11. The van der Waals surface area contributed by atoms with Gasteiger partial charge in [-0.1, -0.05) is 24.3 Å². The van der Waals surface area contributed by atoms with Crippen molar-refractivity contribution in [2.75, 3.05) is 7.05 Å². The zero-order valence-electron chi connectivity index (χ0n) is 11.0. The van der Waals surface area contributed by atoms with Gasteiger partial charge in [0.15, 0.2) is 0 Å². The summed E-state index contributed by atoms with van der Waals surface area (Å²) >= 11 is 5.81. The molecule has 0 saturated carbocycles. The molecule has 0 spiro atoms. The van der Waals surface area contributed by atoms with Crippen LogP contribution in [0.4, 0.5) is 0 Å². The maximum absolute atomic E-state index is 12.6. The summed E-state index contributed by atoms with van der Waals surface area (Å²) in [5, 5.41) is 0. The van der Waals surface area contributed by atoms with Crippen molar-refractivity contribution in [3.63, 3.8) is 0 Å². The molecule has 0 aliphatic rings. The van der Waals surface area contributed by atoms with Gasteiger partial charge in [-0.25, -0.2) is 8.42 Å². The van der Waals surface area contributed by atoms with Crippen LogP contribution >= 0.6 is 11.6 Å². The SMILES string of the molecule is CN(Cc1ccccn1)S(=O)(=O)c1ccccc1CCl. The van der Waals surface area contributed by atoms with Crippen molar-refractivity contribution in [3.8, 4) is 0 Å². The van der Waals surface area contributed by atoms with Crippen molar-refractivity contribution >= 4 is 21.6 Å². The highest BCUT2D eigenvalue weighted by molar-refractivity contribution is 7.89. The Balaban J connectivity index is 2.30. The highest BCUT2D eigenvalue weighted by atomic mass is 35.5. The molecule has 0 saturated heterocycles. The molecule has 0 bridgehead atoms. The van der Waals surface area contributed by atoms with E-state index in [1.165, 1.54) is 11.4 Å². The average molecular weight is 311 g/mol. The topological polar surface area (TPSA) is 50.3 Å². The molecule has 1 heterocycles. The van der Waals surface area contributed by atoms with Gasteiger partial charge in [0.1, 0.15) is 0 Å². The normalized spacial score (nSPS) is 11.8. The minimum Gasteiger partial charge on any atom is -0.260 e. The number of nitrogens with zero attached hydrogens (tertiary/aromatic N) is 2. The molecule has 0 radical (unpaired) electrons. The Labute approximate surface area is 124 Å². The second-order valence-corrected chi connectivity index (χ2v) is 6.60. The van der Waals surface area contributed by atoms with Crippen LogP contribution in [0.5, 0.6) is 0 Å². The van der Waals surface area contributed by atoms with Gasteiger partial charge in [0.05, 0.1) is 17.1 Å². The standard InChI is InChI=1S/C14H15ClN2O2S/c1-17(11-13-7-4-5-9-16-13)20(18,19)14-8-3-2-6-12(14)10-15/h2-9H,10-11H2,1H3. The van der Waals surface area contributed by atoms with Crippen molar-refractivity contribution in [1.29, 1.82) is 0 Å². The molecule has 0 aliphatic carbocycles. The van der Waals surface area contributed by atoms with Gasteiger partial charge < -0.3 is 0 Å². The van der Waals surface area contributed by atoms with Crippen LogP contribution < -0.4 is 0 Å². The van der Waals surface area contributed by atoms with Crippen LogP contribution in [0.3, 0.4) is 0 Å². The predicted molar refractivity (Wildman–Crippen MR) is 78.9 cm³/mol. The Morgan fingerprint density at radius 1 is 1.15 bits per heavy atom. The van der Waals surface area contributed by atoms with Crippen molar-refractivity contribution in [2.45, 2.75) is 17.3 Å². The quantitative estimate of drug-likeness (QED) is 0.798.